The SMILES string of the molecule is O=C(CCN1C(=O)COc2ccccc21)Nc1cc(C(F)(F)F)ccc1I. The molecule has 0 bridgehead atoms. The van der Waals surface area contributed by atoms with E-state index in [0.29, 0.717) is 15.0 Å². The lowest BCUT2D eigenvalue weighted by atomic mass is 10.2. The number of para-hydroxylation sites is 2. The van der Waals surface area contributed by atoms with Gasteiger partial charge in [0.25, 0.3) is 5.91 Å². The van der Waals surface area contributed by atoms with Crippen LogP contribution in [0.2, 0.25) is 0 Å². The summed E-state index contributed by atoms with van der Waals surface area (Å²) in [6, 6.07) is 10.1. The molecule has 2 aromatic carbocycles. The Kier molecular flexibility index (Phi) is 5.59. The summed E-state index contributed by atoms with van der Waals surface area (Å²) >= 11 is 1.85. The summed E-state index contributed by atoms with van der Waals surface area (Å²) in [5, 5.41) is 2.49. The fourth-order valence-corrected chi connectivity index (χ4v) is 3.09. The zero-order chi connectivity index (χ0) is 19.6. The van der Waals surface area contributed by atoms with Crippen molar-refractivity contribution in [3.63, 3.8) is 0 Å². The molecule has 0 saturated carbocycles. The molecule has 5 nitrogen and oxygen atoms in total. The van der Waals surface area contributed by atoms with E-state index in [4.69, 9.17) is 4.74 Å². The number of carbonyl (C=O) groups excluding carboxylic acids is 2. The fraction of sp³-hybridized carbons (Fsp3) is 0.222. The lowest BCUT2D eigenvalue weighted by Crippen LogP contribution is -2.40. The van der Waals surface area contributed by atoms with Gasteiger partial charge in [0.1, 0.15) is 5.75 Å². The molecule has 0 radical (unpaired) electrons. The van der Waals surface area contributed by atoms with Gasteiger partial charge in [-0.3, -0.25) is 9.59 Å². The number of amides is 2. The summed E-state index contributed by atoms with van der Waals surface area (Å²) < 4.78 is 44.3. The predicted molar refractivity (Wildman–Crippen MR) is 102 cm³/mol. The van der Waals surface area contributed by atoms with Crippen molar-refractivity contribution < 1.29 is 27.5 Å². The van der Waals surface area contributed by atoms with Crippen molar-refractivity contribution in [1.82, 2.24) is 0 Å². The second-order valence-electron chi connectivity index (χ2n) is 5.79. The molecule has 0 aromatic heterocycles. The van der Waals surface area contributed by atoms with Crippen molar-refractivity contribution in [3.8, 4) is 5.75 Å². The summed E-state index contributed by atoms with van der Waals surface area (Å²) in [7, 11) is 0. The maximum absolute atomic E-state index is 12.8. The van der Waals surface area contributed by atoms with Crippen LogP contribution in [-0.2, 0) is 15.8 Å². The number of carbonyl (C=O) groups is 2. The van der Waals surface area contributed by atoms with Crippen LogP contribution in [0.4, 0.5) is 24.5 Å². The fourth-order valence-electron chi connectivity index (χ4n) is 2.62. The minimum Gasteiger partial charge on any atom is -0.482 e. The molecule has 1 aliphatic rings. The molecule has 3 rings (SSSR count). The van der Waals surface area contributed by atoms with Crippen molar-refractivity contribution in [2.45, 2.75) is 12.6 Å². The standard InChI is InChI=1S/C18H14F3IN2O3/c19-18(20,21)11-5-6-12(22)13(9-11)23-16(25)7-8-24-14-3-1-2-4-15(14)27-10-17(24)26/h1-6,9H,7-8,10H2,(H,23,25). The highest BCUT2D eigenvalue weighted by molar-refractivity contribution is 14.1. The van der Waals surface area contributed by atoms with Crippen LogP contribution in [0.25, 0.3) is 0 Å². The van der Waals surface area contributed by atoms with E-state index in [9.17, 15) is 22.8 Å². The zero-order valence-corrected chi connectivity index (χ0v) is 16.0. The topological polar surface area (TPSA) is 58.6 Å². The number of halogens is 4. The van der Waals surface area contributed by atoms with E-state index in [1.54, 1.807) is 24.3 Å². The smallest absolute Gasteiger partial charge is 0.416 e. The molecule has 0 atom stereocenters. The quantitative estimate of drug-likeness (QED) is 0.658. The summed E-state index contributed by atoms with van der Waals surface area (Å²) in [6.07, 6.45) is -4.56. The van der Waals surface area contributed by atoms with Crippen LogP contribution in [0, 0.1) is 3.57 Å². The van der Waals surface area contributed by atoms with E-state index in [-0.39, 0.29) is 31.2 Å². The van der Waals surface area contributed by atoms with E-state index in [2.05, 4.69) is 5.32 Å². The van der Waals surface area contributed by atoms with E-state index < -0.39 is 17.6 Å². The van der Waals surface area contributed by atoms with Crippen molar-refractivity contribution in [3.05, 3.63) is 51.6 Å². The van der Waals surface area contributed by atoms with Gasteiger partial charge in [-0.1, -0.05) is 12.1 Å². The molecule has 0 fully saturated rings. The molecule has 0 spiro atoms. The van der Waals surface area contributed by atoms with Gasteiger partial charge in [-0.2, -0.15) is 13.2 Å². The van der Waals surface area contributed by atoms with Crippen molar-refractivity contribution in [1.29, 1.82) is 0 Å². The third kappa shape index (κ3) is 4.52. The van der Waals surface area contributed by atoms with Crippen LogP contribution in [-0.4, -0.2) is 25.0 Å². The number of hydrogen-bond acceptors (Lipinski definition) is 3. The van der Waals surface area contributed by atoms with Crippen LogP contribution in [0.3, 0.4) is 0 Å². The van der Waals surface area contributed by atoms with Crippen LogP contribution in [0.5, 0.6) is 5.75 Å². The third-order valence-corrected chi connectivity index (χ3v) is 4.88. The van der Waals surface area contributed by atoms with Gasteiger partial charge in [-0.25, -0.2) is 0 Å². The van der Waals surface area contributed by atoms with E-state index in [1.807, 2.05) is 22.6 Å². The molecular weight excluding hydrogens is 476 g/mol. The number of ether oxygens (including phenoxy) is 1. The molecule has 27 heavy (non-hydrogen) atoms. The molecule has 2 aromatic rings. The van der Waals surface area contributed by atoms with Crippen molar-refractivity contribution >= 4 is 45.8 Å². The summed E-state index contributed by atoms with van der Waals surface area (Å²) in [4.78, 5) is 25.7. The van der Waals surface area contributed by atoms with Crippen LogP contribution >= 0.6 is 22.6 Å². The predicted octanol–water partition coefficient (Wildman–Crippen LogP) is 4.06. The van der Waals surface area contributed by atoms with Gasteiger partial charge in [0.15, 0.2) is 6.61 Å². The number of benzene rings is 2. The molecular formula is C18H14F3IN2O3. The lowest BCUT2D eigenvalue weighted by molar-refractivity contribution is -0.137. The number of hydrogen-bond donors (Lipinski definition) is 1. The van der Waals surface area contributed by atoms with Gasteiger partial charge in [0.05, 0.1) is 16.9 Å². The Hall–Kier alpha value is -2.30. The van der Waals surface area contributed by atoms with Crippen molar-refractivity contribution in [2.75, 3.05) is 23.4 Å². The Bertz CT molecular complexity index is 886. The van der Waals surface area contributed by atoms with Gasteiger partial charge in [-0.05, 0) is 52.9 Å². The monoisotopic (exact) mass is 490 g/mol. The molecule has 0 aliphatic carbocycles. The van der Waals surface area contributed by atoms with Gasteiger partial charge in [0.2, 0.25) is 5.91 Å². The minimum atomic E-state index is -4.49. The molecule has 1 aliphatic heterocycles. The van der Waals surface area contributed by atoms with Crippen LogP contribution < -0.4 is 15.0 Å². The second kappa shape index (κ2) is 7.75. The molecule has 9 heteroatoms. The molecule has 0 unspecified atom stereocenters. The molecule has 1 N–H and O–H groups in total. The Labute approximate surface area is 166 Å². The highest BCUT2D eigenvalue weighted by Crippen LogP contribution is 2.33. The maximum atomic E-state index is 12.8. The Morgan fingerprint density at radius 1 is 1.22 bits per heavy atom. The summed E-state index contributed by atoms with van der Waals surface area (Å²) in [5.41, 5.74) is -0.185. The number of fused-ring (bicyclic) bond motifs is 1. The summed E-state index contributed by atoms with van der Waals surface area (Å²) in [5.74, 6) is -0.218. The average molecular weight is 490 g/mol. The van der Waals surface area contributed by atoms with Crippen LogP contribution in [0.1, 0.15) is 12.0 Å². The number of rotatable bonds is 4. The summed E-state index contributed by atoms with van der Waals surface area (Å²) in [6.45, 7) is -0.0231. The zero-order valence-electron chi connectivity index (χ0n) is 13.8. The number of anilines is 2. The Balaban J connectivity index is 1.68. The largest absolute Gasteiger partial charge is 0.482 e. The highest BCUT2D eigenvalue weighted by atomic mass is 127. The Morgan fingerprint density at radius 2 is 1.96 bits per heavy atom. The second-order valence-corrected chi connectivity index (χ2v) is 6.95. The number of alkyl halides is 3. The van der Waals surface area contributed by atoms with Gasteiger partial charge in [0, 0.05) is 16.5 Å². The molecule has 0 saturated heterocycles. The third-order valence-electron chi connectivity index (χ3n) is 3.94. The normalized spacial score (nSPS) is 13.8. The Morgan fingerprint density at radius 3 is 2.70 bits per heavy atom. The minimum absolute atomic E-state index is 0.0631. The molecule has 2 amide bonds. The maximum Gasteiger partial charge on any atom is 0.416 e. The first kappa shape index (κ1) is 19.5. The molecule has 1 heterocycles. The highest BCUT2D eigenvalue weighted by Gasteiger charge is 2.31. The van der Waals surface area contributed by atoms with Gasteiger partial charge < -0.3 is 15.0 Å². The van der Waals surface area contributed by atoms with E-state index >= 15 is 0 Å². The first-order chi connectivity index (χ1) is 12.8. The van der Waals surface area contributed by atoms with E-state index in [0.717, 1.165) is 12.1 Å². The van der Waals surface area contributed by atoms with Crippen molar-refractivity contribution in [2.24, 2.45) is 0 Å². The first-order valence-corrected chi connectivity index (χ1v) is 9.02. The van der Waals surface area contributed by atoms with Crippen LogP contribution in [0.15, 0.2) is 42.5 Å². The van der Waals surface area contributed by atoms with Gasteiger partial charge in [-0.15, -0.1) is 0 Å². The lowest BCUT2D eigenvalue weighted by Gasteiger charge is -2.29. The van der Waals surface area contributed by atoms with E-state index in [1.165, 1.54) is 11.0 Å². The number of nitrogens with zero attached hydrogens (tertiary/aromatic N) is 1. The van der Waals surface area contributed by atoms with Gasteiger partial charge >= 0.3 is 6.18 Å². The number of nitrogens with one attached hydrogen (secondary N) is 1. The molecule has 142 valence electrons. The average Bonchev–Trinajstić information content (AvgIpc) is 2.62. The first-order valence-electron chi connectivity index (χ1n) is 7.94.